The van der Waals surface area contributed by atoms with Crippen molar-refractivity contribution in [3.05, 3.63) is 89.5 Å². The van der Waals surface area contributed by atoms with Crippen molar-refractivity contribution < 1.29 is 9.53 Å². The van der Waals surface area contributed by atoms with Gasteiger partial charge in [-0.2, -0.15) is 0 Å². The molecular weight excluding hydrogens is 348 g/mol. The molecule has 4 heteroatoms. The smallest absolute Gasteiger partial charge is 0.255 e. The van der Waals surface area contributed by atoms with Crippen molar-refractivity contribution in [3.63, 3.8) is 0 Å². The van der Waals surface area contributed by atoms with Crippen molar-refractivity contribution >= 4 is 17.3 Å². The number of benzene rings is 3. The lowest BCUT2D eigenvalue weighted by atomic mass is 10.0. The summed E-state index contributed by atoms with van der Waals surface area (Å²) >= 11 is 0. The van der Waals surface area contributed by atoms with Gasteiger partial charge in [-0.05, 0) is 47.4 Å². The van der Waals surface area contributed by atoms with E-state index < -0.39 is 0 Å². The highest BCUT2D eigenvalue weighted by Crippen LogP contribution is 2.27. The Morgan fingerprint density at radius 2 is 1.68 bits per heavy atom. The fourth-order valence-corrected chi connectivity index (χ4v) is 2.93. The third kappa shape index (κ3) is 4.92. The van der Waals surface area contributed by atoms with Crippen molar-refractivity contribution in [3.8, 4) is 5.75 Å². The molecule has 0 aromatic heterocycles. The van der Waals surface area contributed by atoms with E-state index in [0.29, 0.717) is 23.8 Å². The lowest BCUT2D eigenvalue weighted by Crippen LogP contribution is -2.12. The lowest BCUT2D eigenvalue weighted by Gasteiger charge is -2.14. The predicted octanol–water partition coefficient (Wildman–Crippen LogP) is 5.68. The molecule has 3 aromatic rings. The standard InChI is InChI=1S/C24H26N2O2/c1-17(2)19-11-9-18(10-12-19)16-25-22-15-20(13-14-23(22)28-3)24(27)26-21-7-5-4-6-8-21/h4-15,17,25H,16H2,1-3H3,(H,26,27). The first kappa shape index (κ1) is 19.5. The zero-order valence-corrected chi connectivity index (χ0v) is 16.5. The molecule has 0 saturated heterocycles. The highest BCUT2D eigenvalue weighted by atomic mass is 16.5. The minimum absolute atomic E-state index is 0.154. The Hall–Kier alpha value is -3.27. The lowest BCUT2D eigenvalue weighted by molar-refractivity contribution is 0.102. The molecule has 0 unspecified atom stereocenters. The van der Waals surface area contributed by atoms with Crippen LogP contribution >= 0.6 is 0 Å². The predicted molar refractivity (Wildman–Crippen MR) is 115 cm³/mol. The Kier molecular flexibility index (Phi) is 6.33. The van der Waals surface area contributed by atoms with Crippen molar-refractivity contribution in [2.24, 2.45) is 0 Å². The summed E-state index contributed by atoms with van der Waals surface area (Å²) < 4.78 is 5.44. The molecule has 3 rings (SSSR count). The van der Waals surface area contributed by atoms with Crippen LogP contribution in [0.3, 0.4) is 0 Å². The van der Waals surface area contributed by atoms with Crippen LogP contribution in [0.15, 0.2) is 72.8 Å². The average Bonchev–Trinajstić information content (AvgIpc) is 2.73. The van der Waals surface area contributed by atoms with Gasteiger partial charge in [0.05, 0.1) is 12.8 Å². The first-order valence-corrected chi connectivity index (χ1v) is 9.44. The normalized spacial score (nSPS) is 10.6. The summed E-state index contributed by atoms with van der Waals surface area (Å²) in [4.78, 5) is 12.6. The SMILES string of the molecule is COc1ccc(C(=O)Nc2ccccc2)cc1NCc1ccc(C(C)C)cc1. The quantitative estimate of drug-likeness (QED) is 0.559. The van der Waals surface area contributed by atoms with Crippen LogP contribution < -0.4 is 15.4 Å². The van der Waals surface area contributed by atoms with E-state index in [1.807, 2.05) is 42.5 Å². The Morgan fingerprint density at radius 1 is 0.964 bits per heavy atom. The minimum Gasteiger partial charge on any atom is -0.495 e. The maximum atomic E-state index is 12.6. The molecule has 3 aromatic carbocycles. The zero-order chi connectivity index (χ0) is 19.9. The molecule has 0 heterocycles. The number of hydrogen-bond acceptors (Lipinski definition) is 3. The number of ether oxygens (including phenoxy) is 1. The highest BCUT2D eigenvalue weighted by Gasteiger charge is 2.11. The summed E-state index contributed by atoms with van der Waals surface area (Å²) in [6.45, 7) is 5.02. The second kappa shape index (κ2) is 9.09. The molecule has 0 aliphatic heterocycles. The molecule has 0 aliphatic rings. The third-order valence-corrected chi connectivity index (χ3v) is 4.62. The summed E-state index contributed by atoms with van der Waals surface area (Å²) in [7, 11) is 1.63. The molecule has 1 amide bonds. The number of nitrogens with one attached hydrogen (secondary N) is 2. The van der Waals surface area contributed by atoms with E-state index in [2.05, 4.69) is 48.7 Å². The number of amides is 1. The number of carbonyl (C=O) groups is 1. The fourth-order valence-electron chi connectivity index (χ4n) is 2.93. The fraction of sp³-hybridized carbons (Fsp3) is 0.208. The van der Waals surface area contributed by atoms with Crippen LogP contribution in [-0.2, 0) is 6.54 Å². The van der Waals surface area contributed by atoms with Gasteiger partial charge < -0.3 is 15.4 Å². The second-order valence-corrected chi connectivity index (χ2v) is 6.99. The molecular formula is C24H26N2O2. The maximum Gasteiger partial charge on any atom is 0.255 e. The van der Waals surface area contributed by atoms with E-state index in [0.717, 1.165) is 11.4 Å². The first-order chi connectivity index (χ1) is 13.6. The van der Waals surface area contributed by atoms with Crippen LogP contribution in [-0.4, -0.2) is 13.0 Å². The van der Waals surface area contributed by atoms with Crippen LogP contribution in [0, 0.1) is 0 Å². The Labute approximate surface area is 166 Å². The van der Waals surface area contributed by atoms with Crippen LogP contribution in [0.2, 0.25) is 0 Å². The van der Waals surface area contributed by atoms with Crippen molar-refractivity contribution in [2.75, 3.05) is 17.7 Å². The molecule has 0 fully saturated rings. The highest BCUT2D eigenvalue weighted by molar-refractivity contribution is 6.05. The van der Waals surface area contributed by atoms with Crippen molar-refractivity contribution in [2.45, 2.75) is 26.3 Å². The first-order valence-electron chi connectivity index (χ1n) is 9.44. The van der Waals surface area contributed by atoms with E-state index >= 15 is 0 Å². The van der Waals surface area contributed by atoms with Gasteiger partial charge in [-0.3, -0.25) is 4.79 Å². The number of rotatable bonds is 7. The van der Waals surface area contributed by atoms with Gasteiger partial charge in [0.1, 0.15) is 5.75 Å². The summed E-state index contributed by atoms with van der Waals surface area (Å²) in [5.41, 5.74) is 4.62. The minimum atomic E-state index is -0.154. The van der Waals surface area contributed by atoms with E-state index in [-0.39, 0.29) is 5.91 Å². The van der Waals surface area contributed by atoms with Gasteiger partial charge in [-0.25, -0.2) is 0 Å². The monoisotopic (exact) mass is 374 g/mol. The van der Waals surface area contributed by atoms with Gasteiger partial charge in [0, 0.05) is 17.8 Å². The molecule has 0 atom stereocenters. The van der Waals surface area contributed by atoms with Crippen molar-refractivity contribution in [1.82, 2.24) is 0 Å². The van der Waals surface area contributed by atoms with E-state index in [9.17, 15) is 4.79 Å². The van der Waals surface area contributed by atoms with Crippen molar-refractivity contribution in [1.29, 1.82) is 0 Å². The molecule has 0 radical (unpaired) electrons. The summed E-state index contributed by atoms with van der Waals surface area (Å²) in [6, 6.07) is 23.4. The third-order valence-electron chi connectivity index (χ3n) is 4.62. The van der Waals surface area contributed by atoms with Gasteiger partial charge in [0.25, 0.3) is 5.91 Å². The van der Waals surface area contributed by atoms with Crippen LogP contribution in [0.1, 0.15) is 41.3 Å². The Bertz CT molecular complexity index is 919. The molecule has 0 aliphatic carbocycles. The van der Waals surface area contributed by atoms with E-state index in [4.69, 9.17) is 4.74 Å². The summed E-state index contributed by atoms with van der Waals surface area (Å²) in [6.07, 6.45) is 0. The van der Waals surface area contributed by atoms with Gasteiger partial charge >= 0.3 is 0 Å². The van der Waals surface area contributed by atoms with Gasteiger partial charge in [-0.1, -0.05) is 56.3 Å². The van der Waals surface area contributed by atoms with Crippen LogP contribution in [0.25, 0.3) is 0 Å². The maximum absolute atomic E-state index is 12.6. The molecule has 144 valence electrons. The molecule has 2 N–H and O–H groups in total. The molecule has 28 heavy (non-hydrogen) atoms. The van der Waals surface area contributed by atoms with Gasteiger partial charge in [0.15, 0.2) is 0 Å². The number of para-hydroxylation sites is 1. The van der Waals surface area contributed by atoms with Crippen LogP contribution in [0.4, 0.5) is 11.4 Å². The summed E-state index contributed by atoms with van der Waals surface area (Å²) in [5.74, 6) is 1.06. The Balaban J connectivity index is 1.72. The van der Waals surface area contributed by atoms with Gasteiger partial charge in [-0.15, -0.1) is 0 Å². The average molecular weight is 374 g/mol. The second-order valence-electron chi connectivity index (χ2n) is 6.99. The largest absolute Gasteiger partial charge is 0.495 e. The molecule has 4 nitrogen and oxygen atoms in total. The zero-order valence-electron chi connectivity index (χ0n) is 16.5. The summed E-state index contributed by atoms with van der Waals surface area (Å²) in [5, 5.41) is 6.29. The van der Waals surface area contributed by atoms with Crippen LogP contribution in [0.5, 0.6) is 5.75 Å². The number of methoxy groups -OCH3 is 1. The number of carbonyl (C=O) groups excluding carboxylic acids is 1. The molecule has 0 saturated carbocycles. The molecule has 0 spiro atoms. The van der Waals surface area contributed by atoms with E-state index in [1.165, 1.54) is 11.1 Å². The number of hydrogen-bond donors (Lipinski definition) is 2. The number of anilines is 2. The van der Waals surface area contributed by atoms with Gasteiger partial charge in [0.2, 0.25) is 0 Å². The topological polar surface area (TPSA) is 50.4 Å². The van der Waals surface area contributed by atoms with E-state index in [1.54, 1.807) is 13.2 Å². The Morgan fingerprint density at radius 3 is 2.32 bits per heavy atom. The molecule has 0 bridgehead atoms.